The molecule has 1 aliphatic heterocycles. The van der Waals surface area contributed by atoms with Crippen molar-refractivity contribution in [3.63, 3.8) is 0 Å². The van der Waals surface area contributed by atoms with E-state index in [1.54, 1.807) is 19.1 Å². The Hall–Kier alpha value is -3.43. The zero-order chi connectivity index (χ0) is 25.9. The van der Waals surface area contributed by atoms with Gasteiger partial charge in [0.2, 0.25) is 5.69 Å². The number of carbonyl (C=O) groups excluding carboxylic acids is 2. The van der Waals surface area contributed by atoms with Crippen LogP contribution in [0.5, 0.6) is 0 Å². The number of sulfonamides is 1. The van der Waals surface area contributed by atoms with Crippen LogP contribution in [-0.4, -0.2) is 20.2 Å². The molecule has 0 atom stereocenters. The third kappa shape index (κ3) is 4.15. The number of anilines is 2. The highest BCUT2D eigenvalue weighted by molar-refractivity contribution is 7.92. The van der Waals surface area contributed by atoms with Crippen molar-refractivity contribution in [1.82, 2.24) is 0 Å². The van der Waals surface area contributed by atoms with Crippen LogP contribution in [0, 0.1) is 19.1 Å². The minimum Gasteiger partial charge on any atom is -0.618 e. The van der Waals surface area contributed by atoms with Gasteiger partial charge in [-0.2, -0.15) is 4.73 Å². The van der Waals surface area contributed by atoms with Crippen LogP contribution in [0.1, 0.15) is 58.4 Å². The first-order chi connectivity index (χ1) is 16.2. The molecule has 35 heavy (non-hydrogen) atoms. The summed E-state index contributed by atoms with van der Waals surface area (Å²) in [7, 11) is -4.08. The standard InChI is InChI=1S/C25H24ClN3O5S/c1-14-6-13-20(15(2)29(14)32)28-23(30)21-18(26)11-12-19(22(21)24(28)31)27-35(33,34)17-9-7-16(8-10-17)25(3,4)5/h6-13,27H,1-5H3. The zero-order valence-electron chi connectivity index (χ0n) is 19.8. The maximum absolute atomic E-state index is 13.4. The molecule has 2 heterocycles. The Morgan fingerprint density at radius 1 is 0.914 bits per heavy atom. The van der Waals surface area contributed by atoms with Gasteiger partial charge in [0.15, 0.2) is 5.69 Å². The molecule has 10 heteroatoms. The largest absolute Gasteiger partial charge is 0.618 e. The fourth-order valence-electron chi connectivity index (χ4n) is 3.96. The van der Waals surface area contributed by atoms with E-state index in [0.717, 1.165) is 10.5 Å². The number of rotatable bonds is 4. The van der Waals surface area contributed by atoms with Crippen LogP contribution in [0.25, 0.3) is 0 Å². The van der Waals surface area contributed by atoms with E-state index in [0.29, 0.717) is 10.4 Å². The highest BCUT2D eigenvalue weighted by Gasteiger charge is 2.42. The number of aryl methyl sites for hydroxylation is 1. The van der Waals surface area contributed by atoms with Crippen molar-refractivity contribution in [2.75, 3.05) is 9.62 Å². The summed E-state index contributed by atoms with van der Waals surface area (Å²) in [6.45, 7) is 9.15. The predicted octanol–water partition coefficient (Wildman–Crippen LogP) is 4.49. The first-order valence-electron chi connectivity index (χ1n) is 10.8. The average Bonchev–Trinajstić information content (AvgIpc) is 3.05. The lowest BCUT2D eigenvalue weighted by Gasteiger charge is -2.19. The Morgan fingerprint density at radius 3 is 2.11 bits per heavy atom. The normalized spacial score (nSPS) is 13.8. The van der Waals surface area contributed by atoms with Gasteiger partial charge in [0.25, 0.3) is 21.8 Å². The van der Waals surface area contributed by atoms with E-state index in [2.05, 4.69) is 4.72 Å². The fourth-order valence-corrected chi connectivity index (χ4v) is 5.27. The molecule has 1 aliphatic rings. The van der Waals surface area contributed by atoms with Gasteiger partial charge >= 0.3 is 0 Å². The maximum atomic E-state index is 13.4. The number of hydrogen-bond acceptors (Lipinski definition) is 5. The lowest BCUT2D eigenvalue weighted by Crippen LogP contribution is -2.38. The summed E-state index contributed by atoms with van der Waals surface area (Å²) in [6.07, 6.45) is 0. The van der Waals surface area contributed by atoms with Gasteiger partial charge in [-0.3, -0.25) is 14.3 Å². The number of benzene rings is 2. The van der Waals surface area contributed by atoms with Crippen LogP contribution in [0.3, 0.4) is 0 Å². The molecular weight excluding hydrogens is 490 g/mol. The molecule has 0 spiro atoms. The van der Waals surface area contributed by atoms with Gasteiger partial charge in [-0.05, 0) is 41.3 Å². The second-order valence-electron chi connectivity index (χ2n) is 9.41. The fraction of sp³-hybridized carbons (Fsp3) is 0.240. The maximum Gasteiger partial charge on any atom is 0.268 e. The molecule has 0 bridgehead atoms. The minimum absolute atomic E-state index is 0.00177. The summed E-state index contributed by atoms with van der Waals surface area (Å²) in [6, 6.07) is 12.1. The van der Waals surface area contributed by atoms with Crippen molar-refractivity contribution in [3.05, 3.63) is 86.8 Å². The van der Waals surface area contributed by atoms with Crippen LogP contribution >= 0.6 is 11.6 Å². The molecule has 0 saturated carbocycles. The number of amides is 2. The number of halogens is 1. The van der Waals surface area contributed by atoms with Gasteiger partial charge in [-0.1, -0.05) is 44.5 Å². The number of imide groups is 1. The Labute approximate surface area is 208 Å². The summed E-state index contributed by atoms with van der Waals surface area (Å²) >= 11 is 6.26. The molecule has 0 unspecified atom stereocenters. The number of nitrogens with one attached hydrogen (secondary N) is 1. The Bertz CT molecular complexity index is 1490. The van der Waals surface area contributed by atoms with Crippen molar-refractivity contribution in [1.29, 1.82) is 0 Å². The number of aromatic nitrogens is 1. The summed E-state index contributed by atoms with van der Waals surface area (Å²) in [4.78, 5) is 27.5. The molecule has 1 N–H and O–H groups in total. The SMILES string of the molecule is Cc1ccc(N2C(=O)c3c(Cl)ccc(NS(=O)(=O)c4ccc(C(C)(C)C)cc4)c3C2=O)c(C)[n+]1[O-]. The van der Waals surface area contributed by atoms with E-state index >= 15 is 0 Å². The predicted molar refractivity (Wildman–Crippen MR) is 133 cm³/mol. The van der Waals surface area contributed by atoms with Gasteiger partial charge < -0.3 is 5.21 Å². The molecule has 0 fully saturated rings. The van der Waals surface area contributed by atoms with Crippen molar-refractivity contribution in [2.24, 2.45) is 0 Å². The van der Waals surface area contributed by atoms with Crippen molar-refractivity contribution in [2.45, 2.75) is 44.9 Å². The van der Waals surface area contributed by atoms with Crippen molar-refractivity contribution < 1.29 is 22.7 Å². The van der Waals surface area contributed by atoms with E-state index in [-0.39, 0.29) is 43.5 Å². The van der Waals surface area contributed by atoms with Gasteiger partial charge in [0.05, 0.1) is 26.7 Å². The molecule has 4 rings (SSSR count). The Kier molecular flexibility index (Phi) is 5.89. The third-order valence-electron chi connectivity index (χ3n) is 5.98. The Morgan fingerprint density at radius 2 is 1.51 bits per heavy atom. The van der Waals surface area contributed by atoms with Crippen LogP contribution in [-0.2, 0) is 15.4 Å². The second kappa shape index (κ2) is 8.35. The number of hydrogen-bond donors (Lipinski definition) is 1. The molecule has 2 amide bonds. The van der Waals surface area contributed by atoms with E-state index in [9.17, 15) is 23.2 Å². The van der Waals surface area contributed by atoms with Crippen LogP contribution in [0.15, 0.2) is 53.4 Å². The topological polar surface area (TPSA) is 110 Å². The summed E-state index contributed by atoms with van der Waals surface area (Å²) in [5.74, 6) is -1.52. The highest BCUT2D eigenvalue weighted by atomic mass is 35.5. The van der Waals surface area contributed by atoms with Gasteiger partial charge in [-0.15, -0.1) is 0 Å². The second-order valence-corrected chi connectivity index (χ2v) is 11.5. The molecule has 182 valence electrons. The monoisotopic (exact) mass is 513 g/mol. The van der Waals surface area contributed by atoms with Crippen LogP contribution in [0.4, 0.5) is 11.4 Å². The molecule has 8 nitrogen and oxygen atoms in total. The molecule has 0 aliphatic carbocycles. The van der Waals surface area contributed by atoms with Gasteiger partial charge in [-0.25, -0.2) is 13.3 Å². The lowest BCUT2D eigenvalue weighted by molar-refractivity contribution is -0.618. The highest BCUT2D eigenvalue weighted by Crippen LogP contribution is 2.38. The van der Waals surface area contributed by atoms with Gasteiger partial charge in [0, 0.05) is 19.9 Å². The van der Waals surface area contributed by atoms with Crippen molar-refractivity contribution >= 4 is 44.8 Å². The number of pyridine rings is 1. The molecule has 0 radical (unpaired) electrons. The number of carbonyl (C=O) groups is 2. The first-order valence-corrected chi connectivity index (χ1v) is 12.6. The van der Waals surface area contributed by atoms with E-state index in [1.807, 2.05) is 20.8 Å². The average molecular weight is 514 g/mol. The molecule has 0 saturated heterocycles. The van der Waals surface area contributed by atoms with Crippen molar-refractivity contribution in [3.8, 4) is 0 Å². The van der Waals surface area contributed by atoms with E-state index in [1.165, 1.54) is 43.3 Å². The molecule has 1 aromatic heterocycles. The molecule has 3 aromatic rings. The first kappa shape index (κ1) is 24.7. The van der Waals surface area contributed by atoms with E-state index < -0.39 is 21.8 Å². The van der Waals surface area contributed by atoms with Crippen LogP contribution in [0.2, 0.25) is 5.02 Å². The van der Waals surface area contributed by atoms with E-state index in [4.69, 9.17) is 11.6 Å². The smallest absolute Gasteiger partial charge is 0.268 e. The zero-order valence-corrected chi connectivity index (χ0v) is 21.4. The summed E-state index contributed by atoms with van der Waals surface area (Å²) in [5.41, 5.74) is 1.07. The van der Waals surface area contributed by atoms with Gasteiger partial charge in [0.1, 0.15) is 5.69 Å². The lowest BCUT2D eigenvalue weighted by atomic mass is 9.87. The molecular formula is C25H24ClN3O5S. The van der Waals surface area contributed by atoms with Crippen LogP contribution < -0.4 is 14.4 Å². The number of fused-ring (bicyclic) bond motifs is 1. The number of nitrogens with zero attached hydrogens (tertiary/aromatic N) is 2. The minimum atomic E-state index is -4.08. The molecule has 2 aromatic carbocycles. The summed E-state index contributed by atoms with van der Waals surface area (Å²) < 4.78 is 29.3. The summed E-state index contributed by atoms with van der Waals surface area (Å²) in [5, 5.41) is 12.3. The quantitative estimate of drug-likeness (QED) is 0.314. The Balaban J connectivity index is 1.76. The third-order valence-corrected chi connectivity index (χ3v) is 7.68.